The number of carbonyl (C=O) groups excluding carboxylic acids is 2. The monoisotopic (exact) mass is 558 g/mol. The molecule has 0 atom stereocenters. The molecular weight excluding hydrogens is 524 g/mol. The van der Waals surface area contributed by atoms with Crippen LogP contribution in [0.5, 0.6) is 23.0 Å². The summed E-state index contributed by atoms with van der Waals surface area (Å²) in [6.07, 6.45) is 0. The van der Waals surface area contributed by atoms with Gasteiger partial charge in [-0.25, -0.2) is 20.4 Å². The summed E-state index contributed by atoms with van der Waals surface area (Å²) in [4.78, 5) is 21.9. The predicted molar refractivity (Wildman–Crippen MR) is 146 cm³/mol. The molecule has 0 saturated heterocycles. The van der Waals surface area contributed by atoms with Gasteiger partial charge in [0, 0.05) is 11.1 Å². The van der Waals surface area contributed by atoms with Gasteiger partial charge in [0.15, 0.2) is 23.0 Å². The van der Waals surface area contributed by atoms with Crippen LogP contribution in [0.3, 0.4) is 0 Å². The van der Waals surface area contributed by atoms with Gasteiger partial charge in [0.05, 0.1) is 37.9 Å². The third kappa shape index (κ3) is 9.96. The van der Waals surface area contributed by atoms with E-state index in [2.05, 4.69) is 21.1 Å². The second kappa shape index (κ2) is 15.8. The van der Waals surface area contributed by atoms with Crippen molar-refractivity contribution in [2.75, 3.05) is 52.9 Å². The average Bonchev–Trinajstić information content (AvgIpc) is 2.93. The Hall–Kier alpha value is -4.56. The molecule has 2 aromatic carbocycles. The van der Waals surface area contributed by atoms with Crippen molar-refractivity contribution in [2.24, 2.45) is 21.7 Å². The maximum atomic E-state index is 11.0. The first-order chi connectivity index (χ1) is 19.3. The normalized spacial score (nSPS) is 15.8. The van der Waals surface area contributed by atoms with Crippen LogP contribution in [-0.4, -0.2) is 76.3 Å². The van der Waals surface area contributed by atoms with Crippen LogP contribution in [0.2, 0.25) is 0 Å². The molecule has 1 aliphatic rings. The fraction of sp³-hybridized carbons (Fsp3) is 0.385. The van der Waals surface area contributed by atoms with Gasteiger partial charge >= 0.3 is 12.1 Å². The molecule has 216 valence electrons. The minimum absolute atomic E-state index is 0.248. The number of hydrazone groups is 2. The zero-order chi connectivity index (χ0) is 28.7. The van der Waals surface area contributed by atoms with Crippen LogP contribution < -0.4 is 41.3 Å². The number of amides is 4. The van der Waals surface area contributed by atoms with Gasteiger partial charge in [0.1, 0.15) is 26.4 Å². The van der Waals surface area contributed by atoms with Gasteiger partial charge < -0.3 is 39.9 Å². The number of primary amides is 2. The Morgan fingerprint density at radius 1 is 0.600 bits per heavy atom. The second-order valence-corrected chi connectivity index (χ2v) is 8.29. The van der Waals surface area contributed by atoms with Gasteiger partial charge in [-0.05, 0) is 50.2 Å². The number of carbonyl (C=O) groups is 2. The third-order valence-electron chi connectivity index (χ3n) is 5.33. The van der Waals surface area contributed by atoms with Crippen molar-refractivity contribution >= 4 is 23.5 Å². The van der Waals surface area contributed by atoms with Crippen LogP contribution in [0.1, 0.15) is 25.0 Å². The first kappa shape index (κ1) is 30.0. The van der Waals surface area contributed by atoms with Crippen molar-refractivity contribution in [3.8, 4) is 23.0 Å². The van der Waals surface area contributed by atoms with Crippen LogP contribution in [0.4, 0.5) is 9.59 Å². The van der Waals surface area contributed by atoms with E-state index >= 15 is 0 Å². The first-order valence-corrected chi connectivity index (χ1v) is 12.5. The van der Waals surface area contributed by atoms with Gasteiger partial charge in [-0.15, -0.1) is 0 Å². The molecule has 1 aliphatic heterocycles. The number of benzene rings is 2. The Kier molecular flexibility index (Phi) is 11.8. The molecule has 14 heteroatoms. The summed E-state index contributed by atoms with van der Waals surface area (Å²) in [5.41, 5.74) is 17.1. The number of hydrogen-bond donors (Lipinski definition) is 4. The minimum Gasteiger partial charge on any atom is -0.487 e. The molecule has 4 amide bonds. The molecule has 3 rings (SSSR count). The molecule has 1 heterocycles. The van der Waals surface area contributed by atoms with E-state index in [1.165, 1.54) is 0 Å². The van der Waals surface area contributed by atoms with E-state index in [0.29, 0.717) is 72.0 Å². The smallest absolute Gasteiger partial charge is 0.332 e. The molecule has 0 spiro atoms. The molecular formula is C26H34N6O8. The van der Waals surface area contributed by atoms with Gasteiger partial charge in [-0.2, -0.15) is 10.2 Å². The molecule has 2 aromatic rings. The first-order valence-electron chi connectivity index (χ1n) is 12.5. The number of ether oxygens (including phenoxy) is 6. The summed E-state index contributed by atoms with van der Waals surface area (Å²) in [7, 11) is 0. The van der Waals surface area contributed by atoms with Gasteiger partial charge in [0.2, 0.25) is 0 Å². The van der Waals surface area contributed by atoms with Crippen LogP contribution in [-0.2, 0) is 9.47 Å². The van der Waals surface area contributed by atoms with Gasteiger partial charge in [-0.1, -0.05) is 0 Å². The van der Waals surface area contributed by atoms with E-state index in [0.717, 1.165) is 0 Å². The number of nitrogens with zero attached hydrogens (tertiary/aromatic N) is 2. The molecule has 0 unspecified atom stereocenters. The van der Waals surface area contributed by atoms with Crippen LogP contribution in [0.25, 0.3) is 0 Å². The standard InChI is InChI=1S/C26H34N6O8/c1-17(29-31-25(27)33)19-3-5-21-23(15-19)39-13-9-36-10-14-40-24-16-20(18(2)30-32-26(28)34)4-6-22(24)38-12-8-35-7-11-37-21/h3-6,15-16H,7-14H2,1-2H3,(H3,27,31,33)(H3,28,32,34)/b29-17-,30-18-. The number of nitrogens with one attached hydrogen (secondary N) is 2. The average molecular weight is 559 g/mol. The highest BCUT2D eigenvalue weighted by Crippen LogP contribution is 2.30. The zero-order valence-corrected chi connectivity index (χ0v) is 22.4. The minimum atomic E-state index is -0.757. The van der Waals surface area contributed by atoms with Crippen LogP contribution >= 0.6 is 0 Å². The molecule has 0 bridgehead atoms. The SMILES string of the molecule is C/C(=N/NC(N)=O)c1ccc2c(c1)OCCOCCOc1cc(/C(C)=N\NC(N)=O)ccc1OCCOCCO2. The quantitative estimate of drug-likeness (QED) is 0.322. The van der Waals surface area contributed by atoms with Crippen LogP contribution in [0.15, 0.2) is 46.6 Å². The van der Waals surface area contributed by atoms with Gasteiger partial charge in [0.25, 0.3) is 0 Å². The molecule has 0 aliphatic carbocycles. The van der Waals surface area contributed by atoms with Crippen molar-refractivity contribution in [3.63, 3.8) is 0 Å². The van der Waals surface area contributed by atoms with Crippen molar-refractivity contribution < 1.29 is 38.0 Å². The Labute approximate surface area is 231 Å². The Balaban J connectivity index is 1.66. The van der Waals surface area contributed by atoms with E-state index in [1.807, 2.05) is 0 Å². The summed E-state index contributed by atoms with van der Waals surface area (Å²) in [6, 6.07) is 9.10. The number of hydrogen-bond acceptors (Lipinski definition) is 10. The molecule has 0 aromatic heterocycles. The fourth-order valence-electron chi connectivity index (χ4n) is 3.38. The maximum Gasteiger partial charge on any atom is 0.332 e. The largest absolute Gasteiger partial charge is 0.487 e. The van der Waals surface area contributed by atoms with E-state index in [-0.39, 0.29) is 26.4 Å². The number of rotatable bonds is 4. The lowest BCUT2D eigenvalue weighted by Crippen LogP contribution is -2.25. The van der Waals surface area contributed by atoms with Crippen molar-refractivity contribution in [2.45, 2.75) is 13.8 Å². The lowest BCUT2D eigenvalue weighted by molar-refractivity contribution is 0.0640. The van der Waals surface area contributed by atoms with Crippen molar-refractivity contribution in [3.05, 3.63) is 47.5 Å². The van der Waals surface area contributed by atoms with E-state index in [4.69, 9.17) is 39.9 Å². The lowest BCUT2D eigenvalue weighted by atomic mass is 10.1. The molecule has 14 nitrogen and oxygen atoms in total. The Morgan fingerprint density at radius 3 is 1.30 bits per heavy atom. The van der Waals surface area contributed by atoms with E-state index in [1.54, 1.807) is 50.2 Å². The van der Waals surface area contributed by atoms with Crippen molar-refractivity contribution in [1.82, 2.24) is 10.9 Å². The predicted octanol–water partition coefficient (Wildman–Crippen LogP) is 1.73. The number of nitrogens with two attached hydrogens (primary N) is 2. The van der Waals surface area contributed by atoms with Crippen LogP contribution in [0, 0.1) is 0 Å². The molecule has 0 fully saturated rings. The topological polar surface area (TPSA) is 190 Å². The summed E-state index contributed by atoms with van der Waals surface area (Å²) in [6.45, 7) is 5.74. The highest BCUT2D eigenvalue weighted by atomic mass is 16.6. The summed E-state index contributed by atoms with van der Waals surface area (Å²) in [5, 5.41) is 7.90. The number of fused-ring (bicyclic) bond motifs is 2. The molecule has 40 heavy (non-hydrogen) atoms. The maximum absolute atomic E-state index is 11.0. The van der Waals surface area contributed by atoms with E-state index < -0.39 is 12.1 Å². The number of urea groups is 2. The zero-order valence-electron chi connectivity index (χ0n) is 22.4. The van der Waals surface area contributed by atoms with Crippen molar-refractivity contribution in [1.29, 1.82) is 0 Å². The highest BCUT2D eigenvalue weighted by Gasteiger charge is 2.12. The lowest BCUT2D eigenvalue weighted by Gasteiger charge is -2.16. The molecule has 0 saturated carbocycles. The summed E-state index contributed by atoms with van der Waals surface area (Å²) in [5.74, 6) is 2.02. The summed E-state index contributed by atoms with van der Waals surface area (Å²) < 4.78 is 34.9. The highest BCUT2D eigenvalue weighted by molar-refractivity contribution is 6.00. The van der Waals surface area contributed by atoms with E-state index in [9.17, 15) is 9.59 Å². The van der Waals surface area contributed by atoms with Gasteiger partial charge in [-0.3, -0.25) is 0 Å². The fourth-order valence-corrected chi connectivity index (χ4v) is 3.38. The molecule has 0 radical (unpaired) electrons. The Morgan fingerprint density at radius 2 is 0.950 bits per heavy atom. The second-order valence-electron chi connectivity index (χ2n) is 8.29. The third-order valence-corrected chi connectivity index (χ3v) is 5.33. The molecule has 6 N–H and O–H groups in total. The Bertz CT molecular complexity index is 1130. The summed E-state index contributed by atoms with van der Waals surface area (Å²) >= 11 is 0.